The monoisotopic (exact) mass is 501 g/mol. The second-order valence-corrected chi connectivity index (χ2v) is 6.04. The highest BCUT2D eigenvalue weighted by atomic mass is 127. The summed E-state index contributed by atoms with van der Waals surface area (Å²) in [5.74, 6) is 0.800. The maximum Gasteiger partial charge on any atom is 0.191 e. The van der Waals surface area contributed by atoms with Gasteiger partial charge in [-0.15, -0.1) is 24.0 Å². The van der Waals surface area contributed by atoms with Crippen molar-refractivity contribution in [3.05, 3.63) is 53.9 Å². The minimum absolute atomic E-state index is 0. The van der Waals surface area contributed by atoms with E-state index in [1.54, 1.807) is 13.2 Å². The number of aryl methyl sites for hydroxylation is 1. The van der Waals surface area contributed by atoms with Crippen molar-refractivity contribution in [3.8, 4) is 0 Å². The minimum atomic E-state index is 0. The Hall–Kier alpha value is -1.65. The zero-order chi connectivity index (χ0) is 19.2. The van der Waals surface area contributed by atoms with Gasteiger partial charge in [-0.05, 0) is 30.5 Å². The summed E-state index contributed by atoms with van der Waals surface area (Å²) in [6, 6.07) is 10.3. The van der Waals surface area contributed by atoms with E-state index in [4.69, 9.17) is 9.47 Å². The summed E-state index contributed by atoms with van der Waals surface area (Å²) in [6.07, 6.45) is 4.75. The average Bonchev–Trinajstić information content (AvgIpc) is 3.21. The Kier molecular flexibility index (Phi) is 13.3. The Morgan fingerprint density at radius 3 is 2.71 bits per heavy atom. The molecule has 0 saturated heterocycles. The van der Waals surface area contributed by atoms with Crippen LogP contribution < -0.4 is 10.6 Å². The predicted molar refractivity (Wildman–Crippen MR) is 123 cm³/mol. The molecule has 8 heteroatoms. The number of aliphatic imine (C=N–C) groups is 1. The molecule has 28 heavy (non-hydrogen) atoms. The van der Waals surface area contributed by atoms with Gasteiger partial charge in [0, 0.05) is 45.7 Å². The summed E-state index contributed by atoms with van der Waals surface area (Å²) in [5, 5.41) is 10.9. The van der Waals surface area contributed by atoms with E-state index in [9.17, 15) is 0 Å². The van der Waals surface area contributed by atoms with E-state index >= 15 is 0 Å². The summed E-state index contributed by atoms with van der Waals surface area (Å²) < 4.78 is 12.8. The lowest BCUT2D eigenvalue weighted by molar-refractivity contribution is 0.0453. The molecule has 0 aliphatic carbocycles. The average molecular weight is 501 g/mol. The third kappa shape index (κ3) is 10.0. The molecule has 0 radical (unpaired) electrons. The molecule has 2 rings (SSSR count). The molecule has 0 atom stereocenters. The SMILES string of the molecule is CCOCCOCc1cccc(CNC(=NC)NCCCn2cccn2)c1.I. The molecule has 0 saturated carbocycles. The summed E-state index contributed by atoms with van der Waals surface area (Å²) >= 11 is 0. The van der Waals surface area contributed by atoms with Gasteiger partial charge in [0.2, 0.25) is 0 Å². The zero-order valence-corrected chi connectivity index (χ0v) is 19.1. The standard InChI is InChI=1S/C20H31N5O2.HI/c1-3-26-13-14-27-17-19-8-4-7-18(15-19)16-23-20(21-2)22-9-5-11-25-12-6-10-24-25;/h4,6-8,10,12,15H,3,5,9,11,13-14,16-17H2,1-2H3,(H2,21,22,23);1H. The molecule has 0 unspecified atom stereocenters. The predicted octanol–water partition coefficient (Wildman–Crippen LogP) is 2.81. The van der Waals surface area contributed by atoms with Crippen molar-refractivity contribution in [2.24, 2.45) is 4.99 Å². The van der Waals surface area contributed by atoms with Crippen molar-refractivity contribution in [1.82, 2.24) is 20.4 Å². The Bertz CT molecular complexity index is 664. The minimum Gasteiger partial charge on any atom is -0.379 e. The quantitative estimate of drug-likeness (QED) is 0.203. The number of benzene rings is 1. The third-order valence-corrected chi connectivity index (χ3v) is 3.94. The van der Waals surface area contributed by atoms with E-state index in [-0.39, 0.29) is 24.0 Å². The number of ether oxygens (including phenoxy) is 2. The fraction of sp³-hybridized carbons (Fsp3) is 0.500. The Morgan fingerprint density at radius 2 is 1.96 bits per heavy atom. The van der Waals surface area contributed by atoms with Crippen molar-refractivity contribution < 1.29 is 9.47 Å². The molecule has 2 aromatic rings. The van der Waals surface area contributed by atoms with Gasteiger partial charge in [-0.3, -0.25) is 9.67 Å². The maximum atomic E-state index is 5.63. The second-order valence-electron chi connectivity index (χ2n) is 6.04. The fourth-order valence-corrected chi connectivity index (χ4v) is 2.57. The van der Waals surface area contributed by atoms with Crippen LogP contribution in [0.4, 0.5) is 0 Å². The number of nitrogens with zero attached hydrogens (tertiary/aromatic N) is 3. The Morgan fingerprint density at radius 1 is 1.14 bits per heavy atom. The van der Waals surface area contributed by atoms with E-state index in [0.29, 0.717) is 26.4 Å². The van der Waals surface area contributed by atoms with Crippen LogP contribution in [0.15, 0.2) is 47.7 Å². The largest absolute Gasteiger partial charge is 0.379 e. The first-order chi connectivity index (χ1) is 13.3. The summed E-state index contributed by atoms with van der Waals surface area (Å²) in [6.45, 7) is 7.01. The van der Waals surface area contributed by atoms with Gasteiger partial charge in [0.15, 0.2) is 5.96 Å². The fourth-order valence-electron chi connectivity index (χ4n) is 2.57. The molecule has 1 heterocycles. The van der Waals surface area contributed by atoms with Crippen LogP contribution in [0.25, 0.3) is 0 Å². The number of guanidine groups is 1. The second kappa shape index (κ2) is 15.3. The van der Waals surface area contributed by atoms with E-state index in [0.717, 1.165) is 37.6 Å². The molecule has 1 aromatic carbocycles. The van der Waals surface area contributed by atoms with Gasteiger partial charge < -0.3 is 20.1 Å². The van der Waals surface area contributed by atoms with Crippen molar-refractivity contribution in [2.75, 3.05) is 33.4 Å². The molecule has 2 N–H and O–H groups in total. The molecule has 0 fully saturated rings. The highest BCUT2D eigenvalue weighted by Gasteiger charge is 2.01. The van der Waals surface area contributed by atoms with Gasteiger partial charge in [0.1, 0.15) is 0 Å². The highest BCUT2D eigenvalue weighted by molar-refractivity contribution is 14.0. The number of hydrogen-bond donors (Lipinski definition) is 2. The lowest BCUT2D eigenvalue weighted by Crippen LogP contribution is -2.37. The molecule has 0 spiro atoms. The first kappa shape index (κ1) is 24.4. The molecule has 7 nitrogen and oxygen atoms in total. The Balaban J connectivity index is 0.00000392. The smallest absolute Gasteiger partial charge is 0.191 e. The van der Waals surface area contributed by atoms with Gasteiger partial charge in [-0.25, -0.2) is 0 Å². The molecular weight excluding hydrogens is 469 g/mol. The molecule has 0 amide bonds. The van der Waals surface area contributed by atoms with E-state index in [2.05, 4.69) is 45.0 Å². The first-order valence-corrected chi connectivity index (χ1v) is 9.47. The van der Waals surface area contributed by atoms with Crippen LogP contribution >= 0.6 is 24.0 Å². The lowest BCUT2D eigenvalue weighted by atomic mass is 10.1. The molecule has 156 valence electrons. The summed E-state index contributed by atoms with van der Waals surface area (Å²) in [4.78, 5) is 4.27. The number of halogens is 1. The molecule has 0 aliphatic rings. The van der Waals surface area contributed by atoms with Crippen molar-refractivity contribution in [3.63, 3.8) is 0 Å². The number of aromatic nitrogens is 2. The number of hydrogen-bond acceptors (Lipinski definition) is 4. The number of nitrogens with one attached hydrogen (secondary N) is 2. The molecule has 0 aliphatic heterocycles. The maximum absolute atomic E-state index is 5.63. The topological polar surface area (TPSA) is 72.7 Å². The van der Waals surface area contributed by atoms with E-state index in [1.807, 2.05) is 23.9 Å². The summed E-state index contributed by atoms with van der Waals surface area (Å²) in [7, 11) is 1.78. The van der Waals surface area contributed by atoms with Gasteiger partial charge in [-0.2, -0.15) is 5.10 Å². The van der Waals surface area contributed by atoms with E-state index in [1.165, 1.54) is 5.56 Å². The van der Waals surface area contributed by atoms with Crippen LogP contribution in [0.5, 0.6) is 0 Å². The van der Waals surface area contributed by atoms with Crippen LogP contribution in [0.2, 0.25) is 0 Å². The molecular formula is C20H32IN5O2. The van der Waals surface area contributed by atoms with Gasteiger partial charge in [0.25, 0.3) is 0 Å². The third-order valence-electron chi connectivity index (χ3n) is 3.94. The van der Waals surface area contributed by atoms with Crippen molar-refractivity contribution >= 4 is 29.9 Å². The van der Waals surface area contributed by atoms with Crippen molar-refractivity contribution in [1.29, 1.82) is 0 Å². The highest BCUT2D eigenvalue weighted by Crippen LogP contribution is 2.06. The van der Waals surface area contributed by atoms with Crippen molar-refractivity contribution in [2.45, 2.75) is 33.0 Å². The van der Waals surface area contributed by atoms with Crippen LogP contribution in [-0.2, 0) is 29.2 Å². The van der Waals surface area contributed by atoms with E-state index < -0.39 is 0 Å². The van der Waals surface area contributed by atoms with Gasteiger partial charge in [-0.1, -0.05) is 24.3 Å². The van der Waals surface area contributed by atoms with Crippen LogP contribution in [0.1, 0.15) is 24.5 Å². The lowest BCUT2D eigenvalue weighted by Gasteiger charge is -2.13. The first-order valence-electron chi connectivity index (χ1n) is 9.47. The zero-order valence-electron chi connectivity index (χ0n) is 16.8. The van der Waals surface area contributed by atoms with Gasteiger partial charge >= 0.3 is 0 Å². The summed E-state index contributed by atoms with van der Waals surface area (Å²) in [5.41, 5.74) is 2.35. The van der Waals surface area contributed by atoms with Gasteiger partial charge in [0.05, 0.1) is 19.8 Å². The Labute approximate surface area is 184 Å². The van der Waals surface area contributed by atoms with Crippen LogP contribution in [-0.4, -0.2) is 49.2 Å². The van der Waals surface area contributed by atoms with Crippen LogP contribution in [0, 0.1) is 0 Å². The van der Waals surface area contributed by atoms with Crippen LogP contribution in [0.3, 0.4) is 0 Å². The number of rotatable bonds is 12. The molecule has 0 bridgehead atoms. The normalized spacial score (nSPS) is 11.1. The molecule has 1 aromatic heterocycles.